The Morgan fingerprint density at radius 3 is 2.92 bits per heavy atom. The van der Waals surface area contributed by atoms with Crippen LogP contribution in [0.3, 0.4) is 0 Å². The van der Waals surface area contributed by atoms with Crippen LogP contribution in [0.15, 0.2) is 17.5 Å². The Kier molecular flexibility index (Phi) is 4.64. The molecule has 2 aromatic heterocycles. The van der Waals surface area contributed by atoms with Crippen LogP contribution in [0, 0.1) is 29.7 Å². The van der Waals surface area contributed by atoms with Crippen molar-refractivity contribution in [2.75, 3.05) is 18.5 Å². The van der Waals surface area contributed by atoms with Crippen molar-refractivity contribution in [1.29, 1.82) is 10.5 Å². The van der Waals surface area contributed by atoms with E-state index in [1.807, 2.05) is 24.4 Å². The zero-order chi connectivity index (χ0) is 18.0. The fourth-order valence-corrected chi connectivity index (χ4v) is 3.62. The summed E-state index contributed by atoms with van der Waals surface area (Å²) >= 11 is 1.34. The molecule has 1 aliphatic rings. The van der Waals surface area contributed by atoms with Crippen molar-refractivity contribution in [2.45, 2.75) is 25.8 Å². The van der Waals surface area contributed by atoms with Gasteiger partial charge in [-0.1, -0.05) is 6.07 Å². The Bertz CT molecular complexity index is 893. The Labute approximate surface area is 149 Å². The Morgan fingerprint density at radius 2 is 2.20 bits per heavy atom. The minimum absolute atomic E-state index is 0.129. The number of hydrogen-bond donors (Lipinski definition) is 0. The fraction of sp³-hybridized carbons (Fsp3) is 0.353. The highest BCUT2D eigenvalue weighted by Gasteiger charge is 2.33. The number of carbonyl (C=O) groups is 1. The van der Waals surface area contributed by atoms with Gasteiger partial charge in [0, 0.05) is 19.0 Å². The van der Waals surface area contributed by atoms with Gasteiger partial charge in [0.15, 0.2) is 11.3 Å². The highest BCUT2D eigenvalue weighted by Crippen LogP contribution is 2.29. The summed E-state index contributed by atoms with van der Waals surface area (Å²) in [6, 6.07) is 5.11. The standard InChI is InChI=1S/C17H16N6OS/c1-11-5-6-12(8-18)20-15(11)13-9-25-17(21-13)22(2)16(24)14-4-3-7-23(14)10-19/h5-6,9,14H,3-4,7H2,1-2H3. The highest BCUT2D eigenvalue weighted by molar-refractivity contribution is 7.14. The molecule has 1 aliphatic heterocycles. The third kappa shape index (κ3) is 3.17. The van der Waals surface area contributed by atoms with E-state index in [0.717, 1.165) is 12.0 Å². The van der Waals surface area contributed by atoms with Crippen LogP contribution in [0.5, 0.6) is 0 Å². The molecule has 2 aromatic rings. The van der Waals surface area contributed by atoms with Crippen molar-refractivity contribution in [3.05, 3.63) is 28.8 Å². The molecule has 0 spiro atoms. The first-order chi connectivity index (χ1) is 12.0. The number of hydrogen-bond acceptors (Lipinski definition) is 7. The number of likely N-dealkylation sites (N-methyl/N-ethyl adjacent to an activating group) is 1. The first kappa shape index (κ1) is 16.9. The van der Waals surface area contributed by atoms with E-state index in [1.54, 1.807) is 13.1 Å². The topological polar surface area (TPSA) is 96.9 Å². The summed E-state index contributed by atoms with van der Waals surface area (Å²) in [7, 11) is 1.67. The molecule has 126 valence electrons. The van der Waals surface area contributed by atoms with Gasteiger partial charge in [0.1, 0.15) is 23.5 Å². The molecule has 0 aromatic carbocycles. The van der Waals surface area contributed by atoms with Gasteiger partial charge < -0.3 is 0 Å². The molecule has 3 heterocycles. The molecule has 7 nitrogen and oxygen atoms in total. The third-order valence-electron chi connectivity index (χ3n) is 4.23. The van der Waals surface area contributed by atoms with E-state index >= 15 is 0 Å². The van der Waals surface area contributed by atoms with Gasteiger partial charge in [-0.2, -0.15) is 10.5 Å². The summed E-state index contributed by atoms with van der Waals surface area (Å²) in [6.07, 6.45) is 3.60. The summed E-state index contributed by atoms with van der Waals surface area (Å²) in [6.45, 7) is 2.52. The minimum atomic E-state index is -0.413. The number of aromatic nitrogens is 2. The number of thiazole rings is 1. The second-order valence-corrected chi connectivity index (χ2v) is 6.67. The SMILES string of the molecule is Cc1ccc(C#N)nc1-c1csc(N(C)C(=O)C2CCCN2C#N)n1. The molecule has 3 rings (SSSR count). The number of nitriles is 2. The molecular formula is C17H16N6OS. The van der Waals surface area contributed by atoms with Crippen molar-refractivity contribution in [2.24, 2.45) is 0 Å². The van der Waals surface area contributed by atoms with Crippen molar-refractivity contribution in [1.82, 2.24) is 14.9 Å². The van der Waals surface area contributed by atoms with Gasteiger partial charge in [0.25, 0.3) is 5.91 Å². The molecule has 0 N–H and O–H groups in total. The van der Waals surface area contributed by atoms with Crippen LogP contribution in [-0.2, 0) is 4.79 Å². The van der Waals surface area contributed by atoms with E-state index in [0.29, 0.717) is 35.2 Å². The maximum absolute atomic E-state index is 12.7. The predicted octanol–water partition coefficient (Wildman–Crippen LogP) is 2.29. The quantitative estimate of drug-likeness (QED) is 0.786. The monoisotopic (exact) mass is 352 g/mol. The maximum atomic E-state index is 12.7. The van der Waals surface area contributed by atoms with Crippen LogP contribution < -0.4 is 4.90 Å². The molecule has 1 unspecified atom stereocenters. The lowest BCUT2D eigenvalue weighted by atomic mass is 10.1. The van der Waals surface area contributed by atoms with Gasteiger partial charge in [0.2, 0.25) is 0 Å². The molecule has 1 saturated heterocycles. The minimum Gasteiger partial charge on any atom is -0.298 e. The van der Waals surface area contributed by atoms with Gasteiger partial charge in [-0.05, 0) is 31.4 Å². The molecule has 0 radical (unpaired) electrons. The lowest BCUT2D eigenvalue weighted by molar-refractivity contribution is -0.121. The smallest absolute Gasteiger partial charge is 0.251 e. The first-order valence-electron chi connectivity index (χ1n) is 7.82. The van der Waals surface area contributed by atoms with Crippen LogP contribution in [0.2, 0.25) is 0 Å². The molecule has 8 heteroatoms. The number of carbonyl (C=O) groups excluding carboxylic acids is 1. The number of aryl methyl sites for hydroxylation is 1. The number of nitrogens with zero attached hydrogens (tertiary/aromatic N) is 6. The molecule has 0 bridgehead atoms. The van der Waals surface area contributed by atoms with Crippen LogP contribution in [0.25, 0.3) is 11.4 Å². The van der Waals surface area contributed by atoms with E-state index in [4.69, 9.17) is 10.5 Å². The number of amides is 1. The lowest BCUT2D eigenvalue weighted by Gasteiger charge is -2.22. The number of anilines is 1. The van der Waals surface area contributed by atoms with Crippen molar-refractivity contribution in [3.63, 3.8) is 0 Å². The summed E-state index contributed by atoms with van der Waals surface area (Å²) in [5, 5.41) is 20.5. The van der Waals surface area contributed by atoms with Crippen molar-refractivity contribution >= 4 is 22.4 Å². The summed E-state index contributed by atoms with van der Waals surface area (Å²) < 4.78 is 0. The highest BCUT2D eigenvalue weighted by atomic mass is 32.1. The molecule has 25 heavy (non-hydrogen) atoms. The van der Waals surface area contributed by atoms with Crippen LogP contribution in [-0.4, -0.2) is 40.4 Å². The van der Waals surface area contributed by atoms with Crippen LogP contribution in [0.4, 0.5) is 5.13 Å². The molecule has 0 aliphatic carbocycles. The molecule has 1 amide bonds. The van der Waals surface area contributed by atoms with Gasteiger partial charge in [-0.25, -0.2) is 9.97 Å². The van der Waals surface area contributed by atoms with E-state index in [2.05, 4.69) is 16.2 Å². The average molecular weight is 352 g/mol. The lowest BCUT2D eigenvalue weighted by Crippen LogP contribution is -2.42. The predicted molar refractivity (Wildman–Crippen MR) is 93.5 cm³/mol. The number of likely N-dealkylation sites (tertiary alicyclic amines) is 1. The van der Waals surface area contributed by atoms with E-state index in [-0.39, 0.29) is 5.91 Å². The van der Waals surface area contributed by atoms with Crippen molar-refractivity contribution < 1.29 is 4.79 Å². The molecule has 1 atom stereocenters. The Hall–Kier alpha value is -2.97. The zero-order valence-corrected chi connectivity index (χ0v) is 14.7. The first-order valence-corrected chi connectivity index (χ1v) is 8.70. The third-order valence-corrected chi connectivity index (χ3v) is 5.15. The van der Waals surface area contributed by atoms with E-state index < -0.39 is 6.04 Å². The Morgan fingerprint density at radius 1 is 1.40 bits per heavy atom. The molecular weight excluding hydrogens is 336 g/mol. The van der Waals surface area contributed by atoms with Gasteiger partial charge >= 0.3 is 0 Å². The summed E-state index contributed by atoms with van der Waals surface area (Å²) in [5.74, 6) is -0.129. The fourth-order valence-electron chi connectivity index (χ4n) is 2.84. The Balaban J connectivity index is 1.85. The van der Waals surface area contributed by atoms with E-state index in [1.165, 1.54) is 21.1 Å². The second kappa shape index (κ2) is 6.88. The van der Waals surface area contributed by atoms with Gasteiger partial charge in [-0.15, -0.1) is 11.3 Å². The largest absolute Gasteiger partial charge is 0.298 e. The second-order valence-electron chi connectivity index (χ2n) is 5.84. The number of rotatable bonds is 3. The molecule has 0 saturated carbocycles. The zero-order valence-electron chi connectivity index (χ0n) is 13.9. The maximum Gasteiger partial charge on any atom is 0.251 e. The normalized spacial score (nSPS) is 16.3. The summed E-state index contributed by atoms with van der Waals surface area (Å²) in [4.78, 5) is 24.5. The van der Waals surface area contributed by atoms with E-state index in [9.17, 15) is 4.79 Å². The summed E-state index contributed by atoms with van der Waals surface area (Å²) in [5.41, 5.74) is 2.52. The van der Waals surface area contributed by atoms with Crippen LogP contribution >= 0.6 is 11.3 Å². The van der Waals surface area contributed by atoms with Gasteiger partial charge in [0.05, 0.1) is 5.69 Å². The van der Waals surface area contributed by atoms with Crippen molar-refractivity contribution in [3.8, 4) is 23.7 Å². The number of pyridine rings is 1. The van der Waals surface area contributed by atoms with Crippen LogP contribution in [0.1, 0.15) is 24.1 Å². The van der Waals surface area contributed by atoms with Gasteiger partial charge in [-0.3, -0.25) is 14.6 Å². The average Bonchev–Trinajstić information content (AvgIpc) is 3.30. The molecule has 1 fully saturated rings.